The average molecular weight is 286 g/mol. The molecule has 1 fully saturated rings. The predicted octanol–water partition coefficient (Wildman–Crippen LogP) is 1.87. The summed E-state index contributed by atoms with van der Waals surface area (Å²) in [5.41, 5.74) is 0. The third kappa shape index (κ3) is 7.02. The van der Waals surface area contributed by atoms with Crippen molar-refractivity contribution in [3.63, 3.8) is 0 Å². The SMILES string of the molecule is CCN1CCCC1CNCC(O)COC(C)CC(C)C. The topological polar surface area (TPSA) is 44.7 Å². The van der Waals surface area contributed by atoms with Crippen molar-refractivity contribution in [2.45, 2.75) is 65.2 Å². The largest absolute Gasteiger partial charge is 0.389 e. The van der Waals surface area contributed by atoms with Crippen molar-refractivity contribution in [3.05, 3.63) is 0 Å². The van der Waals surface area contributed by atoms with Gasteiger partial charge in [0.2, 0.25) is 0 Å². The molecule has 1 saturated heterocycles. The van der Waals surface area contributed by atoms with Crippen molar-refractivity contribution in [2.24, 2.45) is 5.92 Å². The van der Waals surface area contributed by atoms with Crippen molar-refractivity contribution < 1.29 is 9.84 Å². The predicted molar refractivity (Wildman–Crippen MR) is 84.0 cm³/mol. The van der Waals surface area contributed by atoms with Crippen LogP contribution in [0, 0.1) is 5.92 Å². The molecule has 0 aromatic carbocycles. The molecule has 0 aromatic rings. The Hall–Kier alpha value is -0.160. The second-order valence-electron chi connectivity index (χ2n) is 6.51. The zero-order chi connectivity index (χ0) is 15.0. The van der Waals surface area contributed by atoms with Crippen LogP contribution in [0.25, 0.3) is 0 Å². The summed E-state index contributed by atoms with van der Waals surface area (Å²) >= 11 is 0. The third-order valence-corrected chi connectivity index (χ3v) is 4.04. The lowest BCUT2D eigenvalue weighted by molar-refractivity contribution is -0.00878. The van der Waals surface area contributed by atoms with Gasteiger partial charge in [-0.15, -0.1) is 0 Å². The first kappa shape index (κ1) is 17.9. The van der Waals surface area contributed by atoms with Gasteiger partial charge < -0.3 is 15.2 Å². The summed E-state index contributed by atoms with van der Waals surface area (Å²) in [6.45, 7) is 13.1. The quantitative estimate of drug-likeness (QED) is 0.643. The summed E-state index contributed by atoms with van der Waals surface area (Å²) in [5, 5.41) is 13.3. The van der Waals surface area contributed by atoms with E-state index in [0.29, 0.717) is 25.1 Å². The zero-order valence-corrected chi connectivity index (χ0v) is 13.8. The normalized spacial score (nSPS) is 23.4. The zero-order valence-electron chi connectivity index (χ0n) is 13.8. The number of aliphatic hydroxyl groups is 1. The molecule has 4 heteroatoms. The minimum absolute atomic E-state index is 0.232. The first-order valence-corrected chi connectivity index (χ1v) is 8.27. The molecule has 0 spiro atoms. The highest BCUT2D eigenvalue weighted by Gasteiger charge is 2.22. The summed E-state index contributed by atoms with van der Waals surface area (Å²) < 4.78 is 5.68. The Balaban J connectivity index is 2.06. The minimum atomic E-state index is -0.402. The van der Waals surface area contributed by atoms with Crippen LogP contribution in [0.3, 0.4) is 0 Å². The second kappa shape index (κ2) is 9.72. The van der Waals surface area contributed by atoms with Crippen LogP contribution in [0.2, 0.25) is 0 Å². The number of hydrogen-bond acceptors (Lipinski definition) is 4. The number of aliphatic hydroxyl groups excluding tert-OH is 1. The Morgan fingerprint density at radius 2 is 2.10 bits per heavy atom. The van der Waals surface area contributed by atoms with E-state index in [2.05, 4.69) is 37.9 Å². The summed E-state index contributed by atoms with van der Waals surface area (Å²) in [6, 6.07) is 0.646. The molecule has 1 aliphatic heterocycles. The van der Waals surface area contributed by atoms with Crippen LogP contribution in [0.4, 0.5) is 0 Å². The van der Waals surface area contributed by atoms with Gasteiger partial charge in [0.1, 0.15) is 0 Å². The van der Waals surface area contributed by atoms with Crippen LogP contribution in [-0.2, 0) is 4.74 Å². The number of likely N-dealkylation sites (N-methyl/N-ethyl adjacent to an activating group) is 1. The monoisotopic (exact) mass is 286 g/mol. The van der Waals surface area contributed by atoms with E-state index in [1.807, 2.05) is 0 Å². The molecule has 0 bridgehead atoms. The molecule has 120 valence electrons. The molecular weight excluding hydrogens is 252 g/mol. The van der Waals surface area contributed by atoms with Crippen LogP contribution in [-0.4, -0.2) is 61.0 Å². The maximum atomic E-state index is 9.93. The van der Waals surface area contributed by atoms with Crippen LogP contribution < -0.4 is 5.32 Å². The molecular formula is C16H34N2O2. The molecule has 0 aromatic heterocycles. The Bertz CT molecular complexity index is 249. The van der Waals surface area contributed by atoms with Gasteiger partial charge in [0.05, 0.1) is 18.8 Å². The number of nitrogens with one attached hydrogen (secondary N) is 1. The van der Waals surface area contributed by atoms with Gasteiger partial charge in [-0.2, -0.15) is 0 Å². The molecule has 1 heterocycles. The van der Waals surface area contributed by atoms with Crippen LogP contribution in [0.5, 0.6) is 0 Å². The Kier molecular flexibility index (Phi) is 8.69. The fraction of sp³-hybridized carbons (Fsp3) is 1.00. The standard InChI is InChI=1S/C16H34N2O2/c1-5-18-8-6-7-15(18)10-17-11-16(19)12-20-14(4)9-13(2)3/h13-17,19H,5-12H2,1-4H3. The van der Waals surface area contributed by atoms with Crippen LogP contribution >= 0.6 is 0 Å². The molecule has 0 aliphatic carbocycles. The smallest absolute Gasteiger partial charge is 0.0897 e. The molecule has 0 saturated carbocycles. The van der Waals surface area contributed by atoms with E-state index in [1.54, 1.807) is 0 Å². The number of hydrogen-bond donors (Lipinski definition) is 2. The van der Waals surface area contributed by atoms with Gasteiger partial charge in [-0.05, 0) is 45.2 Å². The molecule has 4 nitrogen and oxygen atoms in total. The lowest BCUT2D eigenvalue weighted by atomic mass is 10.1. The van der Waals surface area contributed by atoms with Crippen molar-refractivity contribution in [1.82, 2.24) is 10.2 Å². The molecule has 20 heavy (non-hydrogen) atoms. The van der Waals surface area contributed by atoms with E-state index in [0.717, 1.165) is 19.5 Å². The molecule has 3 unspecified atom stereocenters. The number of nitrogens with zero attached hydrogens (tertiary/aromatic N) is 1. The van der Waals surface area contributed by atoms with Gasteiger partial charge in [0.15, 0.2) is 0 Å². The lowest BCUT2D eigenvalue weighted by Gasteiger charge is -2.24. The Morgan fingerprint density at radius 3 is 2.75 bits per heavy atom. The summed E-state index contributed by atoms with van der Waals surface area (Å²) in [6.07, 6.45) is 3.46. The van der Waals surface area contributed by atoms with Crippen molar-refractivity contribution in [3.8, 4) is 0 Å². The summed E-state index contributed by atoms with van der Waals surface area (Å²) in [5.74, 6) is 0.641. The highest BCUT2D eigenvalue weighted by atomic mass is 16.5. The van der Waals surface area contributed by atoms with Gasteiger partial charge >= 0.3 is 0 Å². The van der Waals surface area contributed by atoms with Crippen molar-refractivity contribution in [1.29, 1.82) is 0 Å². The lowest BCUT2D eigenvalue weighted by Crippen LogP contribution is -2.41. The Labute approximate surface area is 124 Å². The molecule has 0 radical (unpaired) electrons. The fourth-order valence-corrected chi connectivity index (χ4v) is 3.03. The highest BCUT2D eigenvalue weighted by molar-refractivity contribution is 4.80. The van der Waals surface area contributed by atoms with Gasteiger partial charge in [0, 0.05) is 19.1 Å². The van der Waals surface area contributed by atoms with Crippen molar-refractivity contribution in [2.75, 3.05) is 32.8 Å². The molecule has 0 amide bonds. The van der Waals surface area contributed by atoms with E-state index in [9.17, 15) is 5.11 Å². The van der Waals surface area contributed by atoms with Crippen LogP contribution in [0.15, 0.2) is 0 Å². The van der Waals surface area contributed by atoms with Gasteiger partial charge in [-0.25, -0.2) is 0 Å². The van der Waals surface area contributed by atoms with Gasteiger partial charge in [-0.1, -0.05) is 20.8 Å². The Morgan fingerprint density at radius 1 is 1.35 bits per heavy atom. The molecule has 1 aliphatic rings. The molecule has 3 atom stereocenters. The number of likely N-dealkylation sites (tertiary alicyclic amines) is 1. The van der Waals surface area contributed by atoms with E-state index >= 15 is 0 Å². The van der Waals surface area contributed by atoms with Gasteiger partial charge in [0.25, 0.3) is 0 Å². The van der Waals surface area contributed by atoms with Gasteiger partial charge in [-0.3, -0.25) is 4.90 Å². The molecule has 1 rings (SSSR count). The number of ether oxygens (including phenoxy) is 1. The third-order valence-electron chi connectivity index (χ3n) is 4.04. The fourth-order valence-electron chi connectivity index (χ4n) is 3.03. The van der Waals surface area contributed by atoms with Crippen LogP contribution in [0.1, 0.15) is 47.0 Å². The first-order valence-electron chi connectivity index (χ1n) is 8.27. The first-order chi connectivity index (χ1) is 9.52. The van der Waals surface area contributed by atoms with E-state index in [-0.39, 0.29) is 6.10 Å². The highest BCUT2D eigenvalue weighted by Crippen LogP contribution is 2.15. The molecule has 2 N–H and O–H groups in total. The second-order valence-corrected chi connectivity index (χ2v) is 6.51. The maximum Gasteiger partial charge on any atom is 0.0897 e. The summed E-state index contributed by atoms with van der Waals surface area (Å²) in [4.78, 5) is 2.51. The van der Waals surface area contributed by atoms with E-state index < -0.39 is 6.10 Å². The summed E-state index contributed by atoms with van der Waals surface area (Å²) in [7, 11) is 0. The van der Waals surface area contributed by atoms with E-state index in [1.165, 1.54) is 19.4 Å². The minimum Gasteiger partial charge on any atom is -0.389 e. The maximum absolute atomic E-state index is 9.93. The van der Waals surface area contributed by atoms with Crippen molar-refractivity contribution >= 4 is 0 Å². The van der Waals surface area contributed by atoms with E-state index in [4.69, 9.17) is 4.74 Å². The average Bonchev–Trinajstić information content (AvgIpc) is 2.83. The number of rotatable bonds is 10.